The van der Waals surface area contributed by atoms with E-state index in [-0.39, 0.29) is 10.6 Å². The first-order chi connectivity index (χ1) is 9.04. The summed E-state index contributed by atoms with van der Waals surface area (Å²) in [5.74, 6) is 0.716. The summed E-state index contributed by atoms with van der Waals surface area (Å²) in [6.07, 6.45) is 3.03. The van der Waals surface area contributed by atoms with Gasteiger partial charge >= 0.3 is 0 Å². The number of benzene rings is 1. The number of nitro benzene ring substituents is 1. The molecule has 0 heterocycles. The smallest absolute Gasteiger partial charge is 0.272 e. The minimum atomic E-state index is -0.308. The predicted octanol–water partition coefficient (Wildman–Crippen LogP) is 3.55. The molecule has 106 valence electrons. The maximum absolute atomic E-state index is 10.9. The lowest BCUT2D eigenvalue weighted by atomic mass is 10.0. The second-order valence-electron chi connectivity index (χ2n) is 5.24. The molecule has 19 heavy (non-hydrogen) atoms. The van der Waals surface area contributed by atoms with Gasteiger partial charge in [0.25, 0.3) is 5.69 Å². The molecule has 2 unspecified atom stereocenters. The highest BCUT2D eigenvalue weighted by molar-refractivity contribution is 5.39. The third-order valence-corrected chi connectivity index (χ3v) is 3.53. The van der Waals surface area contributed by atoms with Crippen molar-refractivity contribution in [1.29, 1.82) is 0 Å². The van der Waals surface area contributed by atoms with Crippen LogP contribution < -0.4 is 5.32 Å². The van der Waals surface area contributed by atoms with E-state index in [1.807, 2.05) is 12.1 Å². The quantitative estimate of drug-likeness (QED) is 0.577. The fourth-order valence-electron chi connectivity index (χ4n) is 2.21. The summed E-state index contributed by atoms with van der Waals surface area (Å²) in [7, 11) is 0. The second-order valence-corrected chi connectivity index (χ2v) is 5.24. The van der Waals surface area contributed by atoms with Crippen molar-refractivity contribution in [3.63, 3.8) is 0 Å². The summed E-state index contributed by atoms with van der Waals surface area (Å²) < 4.78 is 0. The predicted molar refractivity (Wildman–Crippen MR) is 78.3 cm³/mol. The minimum Gasteiger partial charge on any atom is -0.314 e. The van der Waals surface area contributed by atoms with E-state index in [0.29, 0.717) is 18.4 Å². The molecule has 0 bridgehead atoms. The Morgan fingerprint density at radius 1 is 1.32 bits per heavy atom. The maximum Gasteiger partial charge on any atom is 0.272 e. The maximum atomic E-state index is 10.9. The Balaban J connectivity index is 2.43. The van der Waals surface area contributed by atoms with Gasteiger partial charge in [-0.15, -0.1) is 0 Å². The van der Waals surface area contributed by atoms with E-state index in [0.717, 1.165) is 18.5 Å². The van der Waals surface area contributed by atoms with Crippen molar-refractivity contribution in [3.8, 4) is 0 Å². The van der Waals surface area contributed by atoms with Gasteiger partial charge in [0.15, 0.2) is 0 Å². The Kier molecular flexibility index (Phi) is 6.50. The first-order valence-electron chi connectivity index (χ1n) is 7.00. The zero-order valence-corrected chi connectivity index (χ0v) is 12.1. The van der Waals surface area contributed by atoms with Gasteiger partial charge in [-0.05, 0) is 32.2 Å². The average molecular weight is 264 g/mol. The van der Waals surface area contributed by atoms with Gasteiger partial charge in [-0.3, -0.25) is 10.1 Å². The Hall–Kier alpha value is -1.42. The minimum absolute atomic E-state index is 0.221. The van der Waals surface area contributed by atoms with Crippen molar-refractivity contribution in [1.82, 2.24) is 5.32 Å². The lowest BCUT2D eigenvalue weighted by Gasteiger charge is -2.17. The molecule has 1 aromatic carbocycles. The molecule has 1 rings (SSSR count). The van der Waals surface area contributed by atoms with Gasteiger partial charge in [0.1, 0.15) is 0 Å². The normalized spacial score (nSPS) is 14.1. The first kappa shape index (κ1) is 15.6. The highest BCUT2D eigenvalue weighted by Gasteiger charge is 2.12. The van der Waals surface area contributed by atoms with E-state index < -0.39 is 0 Å². The highest BCUT2D eigenvalue weighted by Crippen LogP contribution is 2.17. The standard InChI is InChI=1S/C15H24N2O2/c1-4-12(2)11-13(3)16-10-9-14-7-5-6-8-15(14)17(18)19/h5-8,12-13,16H,4,9-11H2,1-3H3. The van der Waals surface area contributed by atoms with E-state index in [1.165, 1.54) is 6.42 Å². The molecule has 0 radical (unpaired) electrons. The zero-order chi connectivity index (χ0) is 14.3. The Bertz CT molecular complexity index is 407. The van der Waals surface area contributed by atoms with E-state index in [9.17, 15) is 10.1 Å². The summed E-state index contributed by atoms with van der Waals surface area (Å²) in [5.41, 5.74) is 1.02. The fourth-order valence-corrected chi connectivity index (χ4v) is 2.21. The van der Waals surface area contributed by atoms with Crippen molar-refractivity contribution in [2.75, 3.05) is 6.54 Å². The molecule has 1 aromatic rings. The summed E-state index contributed by atoms with van der Waals surface area (Å²) in [6, 6.07) is 7.42. The van der Waals surface area contributed by atoms with Gasteiger partial charge in [0.05, 0.1) is 4.92 Å². The molecule has 0 spiro atoms. The number of nitrogens with zero attached hydrogens (tertiary/aromatic N) is 1. The molecule has 2 atom stereocenters. The van der Waals surface area contributed by atoms with Crippen LogP contribution in [0.4, 0.5) is 5.69 Å². The van der Waals surface area contributed by atoms with E-state index in [4.69, 9.17) is 0 Å². The second kappa shape index (κ2) is 7.89. The van der Waals surface area contributed by atoms with Crippen LogP contribution in [0.25, 0.3) is 0 Å². The van der Waals surface area contributed by atoms with Crippen LogP contribution in [0.15, 0.2) is 24.3 Å². The van der Waals surface area contributed by atoms with E-state index in [1.54, 1.807) is 12.1 Å². The lowest BCUT2D eigenvalue weighted by molar-refractivity contribution is -0.385. The van der Waals surface area contributed by atoms with Crippen LogP contribution in [0.1, 0.15) is 39.2 Å². The van der Waals surface area contributed by atoms with Crippen LogP contribution in [-0.2, 0) is 6.42 Å². The van der Waals surface area contributed by atoms with Crippen LogP contribution >= 0.6 is 0 Å². The summed E-state index contributed by atoms with van der Waals surface area (Å²) >= 11 is 0. The van der Waals surface area contributed by atoms with Crippen LogP contribution in [0.2, 0.25) is 0 Å². The number of nitrogens with one attached hydrogen (secondary N) is 1. The molecule has 4 heteroatoms. The molecular formula is C15H24N2O2. The van der Waals surface area contributed by atoms with E-state index in [2.05, 4.69) is 26.1 Å². The van der Waals surface area contributed by atoms with Gasteiger partial charge in [0.2, 0.25) is 0 Å². The zero-order valence-electron chi connectivity index (χ0n) is 12.1. The molecule has 4 nitrogen and oxygen atoms in total. The number of rotatable bonds is 8. The summed E-state index contributed by atoms with van der Waals surface area (Å²) in [6.45, 7) is 7.40. The Morgan fingerprint density at radius 3 is 2.63 bits per heavy atom. The van der Waals surface area contributed by atoms with Crippen LogP contribution in [0.3, 0.4) is 0 Å². The van der Waals surface area contributed by atoms with Crippen LogP contribution in [-0.4, -0.2) is 17.5 Å². The molecule has 0 aromatic heterocycles. The monoisotopic (exact) mass is 264 g/mol. The highest BCUT2D eigenvalue weighted by atomic mass is 16.6. The third kappa shape index (κ3) is 5.39. The molecule has 0 amide bonds. The van der Waals surface area contributed by atoms with Gasteiger partial charge < -0.3 is 5.32 Å². The van der Waals surface area contributed by atoms with E-state index >= 15 is 0 Å². The van der Waals surface area contributed by atoms with Crippen molar-refractivity contribution in [2.45, 2.75) is 46.1 Å². The Labute approximate surface area is 115 Å². The molecular weight excluding hydrogens is 240 g/mol. The number of hydrogen-bond acceptors (Lipinski definition) is 3. The number of nitro groups is 1. The molecule has 1 N–H and O–H groups in total. The van der Waals surface area contributed by atoms with Crippen molar-refractivity contribution < 1.29 is 4.92 Å². The van der Waals surface area contributed by atoms with Gasteiger partial charge in [-0.2, -0.15) is 0 Å². The summed E-state index contributed by atoms with van der Waals surface area (Å²) in [5, 5.41) is 14.3. The largest absolute Gasteiger partial charge is 0.314 e. The summed E-state index contributed by atoms with van der Waals surface area (Å²) in [4.78, 5) is 10.6. The van der Waals surface area contributed by atoms with Crippen molar-refractivity contribution >= 4 is 5.69 Å². The third-order valence-electron chi connectivity index (χ3n) is 3.53. The molecule has 0 saturated heterocycles. The van der Waals surface area contributed by atoms with Gasteiger partial charge in [-0.25, -0.2) is 0 Å². The molecule has 0 saturated carbocycles. The SMILES string of the molecule is CCC(C)CC(C)NCCc1ccccc1[N+](=O)[O-]. The Morgan fingerprint density at radius 2 is 2.00 bits per heavy atom. The lowest BCUT2D eigenvalue weighted by Crippen LogP contribution is -2.29. The molecule has 0 aliphatic rings. The number of hydrogen-bond donors (Lipinski definition) is 1. The van der Waals surface area contributed by atoms with Crippen LogP contribution in [0, 0.1) is 16.0 Å². The van der Waals surface area contributed by atoms with Crippen molar-refractivity contribution in [2.24, 2.45) is 5.92 Å². The van der Waals surface area contributed by atoms with Gasteiger partial charge in [0, 0.05) is 17.7 Å². The van der Waals surface area contributed by atoms with Crippen LogP contribution in [0.5, 0.6) is 0 Å². The van der Waals surface area contributed by atoms with Crippen molar-refractivity contribution in [3.05, 3.63) is 39.9 Å². The first-order valence-corrected chi connectivity index (χ1v) is 7.00. The molecule has 0 fully saturated rings. The number of para-hydroxylation sites is 1. The molecule has 0 aliphatic heterocycles. The fraction of sp³-hybridized carbons (Fsp3) is 0.600. The average Bonchev–Trinajstić information content (AvgIpc) is 2.38. The van der Waals surface area contributed by atoms with Gasteiger partial charge in [-0.1, -0.05) is 38.5 Å². The molecule has 0 aliphatic carbocycles. The topological polar surface area (TPSA) is 55.2 Å².